The highest BCUT2D eigenvalue weighted by atomic mass is 35.5. The monoisotopic (exact) mass is 414 g/mol. The van der Waals surface area contributed by atoms with Gasteiger partial charge in [-0.1, -0.05) is 60.1 Å². The number of hydrogen-bond acceptors (Lipinski definition) is 4. The number of halogens is 1. The number of nitrogens with one attached hydrogen (secondary N) is 1. The molecule has 0 heterocycles. The Bertz CT molecular complexity index is 1070. The molecule has 0 aliphatic rings. The molecule has 0 saturated carbocycles. The smallest absolute Gasteiger partial charge is 0.269 e. The van der Waals surface area contributed by atoms with Crippen molar-refractivity contribution in [2.45, 2.75) is 11.4 Å². The number of benzene rings is 3. The Morgan fingerprint density at radius 3 is 2.18 bits per heavy atom. The van der Waals surface area contributed by atoms with E-state index >= 15 is 0 Å². The van der Waals surface area contributed by atoms with Crippen LogP contribution in [0.5, 0.6) is 0 Å². The summed E-state index contributed by atoms with van der Waals surface area (Å²) in [6.45, 7) is 0.448. The van der Waals surface area contributed by atoms with Crippen LogP contribution < -0.4 is 10.4 Å². The van der Waals surface area contributed by atoms with Crippen LogP contribution in [0.15, 0.2) is 83.8 Å². The van der Waals surface area contributed by atoms with Crippen LogP contribution >= 0.6 is 11.6 Å². The second-order valence-corrected chi connectivity index (χ2v) is 8.66. The first-order chi connectivity index (χ1) is 13.3. The van der Waals surface area contributed by atoms with Gasteiger partial charge in [0, 0.05) is 11.8 Å². The lowest BCUT2D eigenvalue weighted by molar-refractivity contribution is 0.0948. The predicted molar refractivity (Wildman–Crippen MR) is 111 cm³/mol. The van der Waals surface area contributed by atoms with Gasteiger partial charge in [-0.25, -0.2) is 8.42 Å². The van der Waals surface area contributed by atoms with Crippen LogP contribution in [0.4, 0.5) is 5.69 Å². The van der Waals surface area contributed by atoms with Crippen molar-refractivity contribution in [2.75, 3.05) is 11.3 Å². The summed E-state index contributed by atoms with van der Waals surface area (Å²) in [7, 11) is -3.54. The van der Waals surface area contributed by atoms with E-state index in [2.05, 4.69) is 5.43 Å². The van der Waals surface area contributed by atoms with Crippen molar-refractivity contribution in [3.8, 4) is 0 Å². The number of carbonyl (C=O) groups is 1. The van der Waals surface area contributed by atoms with Crippen molar-refractivity contribution in [2.24, 2.45) is 0 Å². The van der Waals surface area contributed by atoms with E-state index in [1.807, 2.05) is 60.7 Å². The molecule has 0 unspecified atom stereocenters. The van der Waals surface area contributed by atoms with E-state index in [4.69, 9.17) is 11.6 Å². The molecule has 0 atom stereocenters. The van der Waals surface area contributed by atoms with E-state index < -0.39 is 15.7 Å². The van der Waals surface area contributed by atoms with Crippen LogP contribution in [0, 0.1) is 0 Å². The number of amides is 1. The maximum atomic E-state index is 12.8. The van der Waals surface area contributed by atoms with Crippen molar-refractivity contribution in [1.82, 2.24) is 5.43 Å². The molecular weight excluding hydrogens is 396 g/mol. The lowest BCUT2D eigenvalue weighted by Crippen LogP contribution is -2.42. The molecule has 5 nitrogen and oxygen atoms in total. The van der Waals surface area contributed by atoms with Gasteiger partial charge in [-0.2, -0.15) is 0 Å². The molecule has 3 aromatic carbocycles. The molecule has 0 fully saturated rings. The minimum Gasteiger partial charge on any atom is -0.281 e. The van der Waals surface area contributed by atoms with E-state index in [1.165, 1.54) is 18.2 Å². The van der Waals surface area contributed by atoms with Crippen LogP contribution in [0.2, 0.25) is 5.02 Å². The lowest BCUT2D eigenvalue weighted by Gasteiger charge is -2.25. The summed E-state index contributed by atoms with van der Waals surface area (Å²) in [5, 5.41) is 1.80. The Hall–Kier alpha value is -2.83. The van der Waals surface area contributed by atoms with Gasteiger partial charge in [0.2, 0.25) is 0 Å². The summed E-state index contributed by atoms with van der Waals surface area (Å²) >= 11 is 5.97. The summed E-state index contributed by atoms with van der Waals surface area (Å²) in [4.78, 5) is 12.7. The van der Waals surface area contributed by atoms with Crippen molar-refractivity contribution in [3.63, 3.8) is 0 Å². The third kappa shape index (κ3) is 4.91. The van der Waals surface area contributed by atoms with Crippen molar-refractivity contribution < 1.29 is 13.2 Å². The Balaban J connectivity index is 1.89. The van der Waals surface area contributed by atoms with Crippen LogP contribution in [0.3, 0.4) is 0 Å². The molecule has 144 valence electrons. The molecule has 0 bridgehead atoms. The van der Waals surface area contributed by atoms with Crippen LogP contribution in [0.1, 0.15) is 15.9 Å². The van der Waals surface area contributed by atoms with Crippen LogP contribution in [-0.4, -0.2) is 20.6 Å². The fourth-order valence-electron chi connectivity index (χ4n) is 2.69. The second-order valence-electron chi connectivity index (χ2n) is 6.27. The quantitative estimate of drug-likeness (QED) is 0.617. The highest BCUT2D eigenvalue weighted by Crippen LogP contribution is 2.23. The van der Waals surface area contributed by atoms with Gasteiger partial charge in [0.15, 0.2) is 9.84 Å². The van der Waals surface area contributed by atoms with Gasteiger partial charge in [-0.15, -0.1) is 0 Å². The number of para-hydroxylation sites is 1. The number of sulfone groups is 1. The third-order valence-corrected chi connectivity index (χ3v) is 5.66. The normalized spacial score (nSPS) is 11.1. The van der Waals surface area contributed by atoms with E-state index in [-0.39, 0.29) is 15.5 Å². The Morgan fingerprint density at radius 2 is 1.57 bits per heavy atom. The summed E-state index contributed by atoms with van der Waals surface area (Å²) in [5.41, 5.74) is 4.88. The zero-order valence-electron chi connectivity index (χ0n) is 15.2. The number of hydrazine groups is 1. The van der Waals surface area contributed by atoms with Gasteiger partial charge < -0.3 is 0 Å². The van der Waals surface area contributed by atoms with Crippen molar-refractivity contribution >= 4 is 33.0 Å². The Morgan fingerprint density at radius 1 is 0.964 bits per heavy atom. The van der Waals surface area contributed by atoms with Gasteiger partial charge in [0.25, 0.3) is 5.91 Å². The van der Waals surface area contributed by atoms with E-state index in [9.17, 15) is 13.2 Å². The lowest BCUT2D eigenvalue weighted by atomic mass is 10.2. The first kappa shape index (κ1) is 19.9. The average molecular weight is 415 g/mol. The maximum absolute atomic E-state index is 12.8. The molecular formula is C21H19ClN2O3S. The third-order valence-electron chi connectivity index (χ3n) is 4.08. The molecule has 3 rings (SSSR count). The molecule has 0 saturated heterocycles. The Kier molecular flexibility index (Phi) is 6.02. The SMILES string of the molecule is CS(=O)(=O)c1cc(C(=O)NN(Cc2ccccc2)c2ccccc2)ccc1Cl. The molecule has 3 aromatic rings. The van der Waals surface area contributed by atoms with E-state index in [1.54, 1.807) is 5.01 Å². The van der Waals surface area contributed by atoms with Gasteiger partial charge in [0.05, 0.1) is 22.2 Å². The highest BCUT2D eigenvalue weighted by Gasteiger charge is 2.18. The summed E-state index contributed by atoms with van der Waals surface area (Å²) in [6.07, 6.45) is 1.06. The number of carbonyl (C=O) groups excluding carboxylic acids is 1. The number of anilines is 1. The molecule has 0 aliphatic heterocycles. The fourth-order valence-corrected chi connectivity index (χ4v) is 3.99. The van der Waals surface area contributed by atoms with Crippen LogP contribution in [-0.2, 0) is 16.4 Å². The summed E-state index contributed by atoms with van der Waals surface area (Å²) in [6, 6.07) is 23.3. The zero-order valence-corrected chi connectivity index (χ0v) is 16.7. The largest absolute Gasteiger partial charge is 0.281 e. The van der Waals surface area contributed by atoms with E-state index in [0.29, 0.717) is 6.54 Å². The maximum Gasteiger partial charge on any atom is 0.269 e. The summed E-state index contributed by atoms with van der Waals surface area (Å²) in [5.74, 6) is -0.429. The minimum atomic E-state index is -3.54. The van der Waals surface area contributed by atoms with Crippen molar-refractivity contribution in [3.05, 3.63) is 95.0 Å². The average Bonchev–Trinajstić information content (AvgIpc) is 2.68. The van der Waals surface area contributed by atoms with Gasteiger partial charge in [0.1, 0.15) is 0 Å². The molecule has 0 aromatic heterocycles. The zero-order chi connectivity index (χ0) is 20.1. The van der Waals surface area contributed by atoms with Gasteiger partial charge in [-0.05, 0) is 35.9 Å². The topological polar surface area (TPSA) is 66.5 Å². The number of rotatable bonds is 6. The standard InChI is InChI=1S/C21H19ClN2O3S/c1-28(26,27)20-14-17(12-13-19(20)22)21(25)23-24(18-10-6-3-7-11-18)15-16-8-4-2-5-9-16/h2-14H,15H2,1H3,(H,23,25). The first-order valence-corrected chi connectivity index (χ1v) is 10.8. The fraction of sp³-hybridized carbons (Fsp3) is 0.0952. The highest BCUT2D eigenvalue weighted by molar-refractivity contribution is 7.90. The molecule has 7 heteroatoms. The predicted octanol–water partition coefficient (Wildman–Crippen LogP) is 4.10. The molecule has 1 N–H and O–H groups in total. The molecule has 0 radical (unpaired) electrons. The number of hydrogen-bond donors (Lipinski definition) is 1. The van der Waals surface area contributed by atoms with E-state index in [0.717, 1.165) is 17.5 Å². The molecule has 0 spiro atoms. The van der Waals surface area contributed by atoms with Gasteiger partial charge in [-0.3, -0.25) is 15.2 Å². The second kappa shape index (κ2) is 8.46. The minimum absolute atomic E-state index is 0.0730. The summed E-state index contributed by atoms with van der Waals surface area (Å²) < 4.78 is 23.8. The van der Waals surface area contributed by atoms with Gasteiger partial charge >= 0.3 is 0 Å². The first-order valence-electron chi connectivity index (χ1n) is 8.52. The van der Waals surface area contributed by atoms with Crippen LogP contribution in [0.25, 0.3) is 0 Å². The molecule has 28 heavy (non-hydrogen) atoms. The van der Waals surface area contributed by atoms with Crippen molar-refractivity contribution in [1.29, 1.82) is 0 Å². The number of nitrogens with zero attached hydrogens (tertiary/aromatic N) is 1. The molecule has 1 amide bonds. The Labute approximate surface area is 169 Å². The molecule has 0 aliphatic carbocycles.